The van der Waals surface area contributed by atoms with Crippen LogP contribution < -0.4 is 10.9 Å². The summed E-state index contributed by atoms with van der Waals surface area (Å²) in [6, 6.07) is 7.50. The molecule has 0 radical (unpaired) electrons. The summed E-state index contributed by atoms with van der Waals surface area (Å²) >= 11 is 0. The lowest BCUT2D eigenvalue weighted by Crippen LogP contribution is -2.53. The molecule has 6 rings (SSSR count). The van der Waals surface area contributed by atoms with Gasteiger partial charge in [-0.2, -0.15) is 5.26 Å². The molecule has 1 N–H and O–H groups in total. The lowest BCUT2D eigenvalue weighted by Gasteiger charge is -2.50. The molecular formula is C33H39F3N6O2S. The third kappa shape index (κ3) is 5.73. The van der Waals surface area contributed by atoms with Gasteiger partial charge in [-0.05, 0) is 62.8 Å². The monoisotopic (exact) mass is 640 g/mol. The first-order valence-corrected chi connectivity index (χ1v) is 17.6. The second kappa shape index (κ2) is 11.7. The molecule has 2 saturated carbocycles. The number of rotatable bonds is 9. The molecule has 0 bridgehead atoms. The van der Waals surface area contributed by atoms with E-state index >= 15 is 0 Å². The summed E-state index contributed by atoms with van der Waals surface area (Å²) in [5.41, 5.74) is -1.44. The summed E-state index contributed by atoms with van der Waals surface area (Å²) in [6.07, 6.45) is 5.16. The Morgan fingerprint density at radius 1 is 1.20 bits per heavy atom. The van der Waals surface area contributed by atoms with Crippen molar-refractivity contribution in [2.24, 2.45) is 22.7 Å². The largest absolute Gasteiger partial charge is 0.363 e. The molecule has 1 aliphatic heterocycles. The van der Waals surface area contributed by atoms with Crippen molar-refractivity contribution in [3.05, 3.63) is 63.5 Å². The molecule has 12 heteroatoms. The number of pyridine rings is 1. The fourth-order valence-electron chi connectivity index (χ4n) is 7.39. The van der Waals surface area contributed by atoms with E-state index in [2.05, 4.69) is 28.3 Å². The van der Waals surface area contributed by atoms with E-state index in [1.54, 1.807) is 20.0 Å². The Bertz CT molecular complexity index is 1840. The molecule has 3 atom stereocenters. The van der Waals surface area contributed by atoms with E-state index in [1.165, 1.54) is 29.4 Å². The highest BCUT2D eigenvalue weighted by Gasteiger charge is 2.54. The minimum atomic E-state index is -2.95. The first-order chi connectivity index (χ1) is 21.4. The van der Waals surface area contributed by atoms with E-state index in [0.717, 1.165) is 25.3 Å². The van der Waals surface area contributed by atoms with Crippen molar-refractivity contribution in [3.8, 4) is 6.07 Å². The molecule has 1 saturated heterocycles. The molecule has 3 aromatic rings. The van der Waals surface area contributed by atoms with Crippen LogP contribution >= 0.6 is 0 Å². The SMILES string of the molecule is CCCCC1CC1N=S1(=O)CC2(CCC(C#N)(c3cc4c(N[C@H](C)c5cccc(C(F)F)c5F)ncnc4n(C)c3=O)CC2)C1. The Balaban J connectivity index is 1.25. The van der Waals surface area contributed by atoms with E-state index in [1.807, 2.05) is 0 Å². The maximum atomic E-state index is 14.9. The van der Waals surface area contributed by atoms with Crippen LogP contribution in [0.15, 0.2) is 39.8 Å². The Labute approximate surface area is 261 Å². The number of alkyl halides is 2. The van der Waals surface area contributed by atoms with E-state index in [9.17, 15) is 27.4 Å². The van der Waals surface area contributed by atoms with Crippen LogP contribution in [0.4, 0.5) is 19.0 Å². The highest BCUT2D eigenvalue weighted by molar-refractivity contribution is 7.95. The van der Waals surface area contributed by atoms with Crippen molar-refractivity contribution in [3.63, 3.8) is 0 Å². The zero-order valence-corrected chi connectivity index (χ0v) is 26.7. The Morgan fingerprint density at radius 2 is 1.91 bits per heavy atom. The van der Waals surface area contributed by atoms with Gasteiger partial charge in [0.05, 0.1) is 34.5 Å². The van der Waals surface area contributed by atoms with Gasteiger partial charge in [0.25, 0.3) is 12.0 Å². The van der Waals surface area contributed by atoms with Crippen LogP contribution in [-0.2, 0) is 22.2 Å². The standard InChI is InChI=1S/C33H39F3N6O2S/c1-4-5-7-21-14-26(21)41-45(44)17-32(18-45)10-12-33(16-37,13-11-32)25-15-24-29(38-19-39-30(24)42(3)31(25)43)40-20(2)22-8-6-9-23(27(22)34)28(35)36/h6,8-9,15,19-21,26,28H,4-5,7,10-14,17-18H2,1-3H3,(H,38,39,40)/t20-,21?,26?,32?,33?,45?/m1/s1. The summed E-state index contributed by atoms with van der Waals surface area (Å²) in [4.78, 5) is 22.3. The summed E-state index contributed by atoms with van der Waals surface area (Å²) in [5, 5.41) is 14.1. The topological polar surface area (TPSA) is 113 Å². The summed E-state index contributed by atoms with van der Waals surface area (Å²) in [5.74, 6) is 1.02. The second-order valence-electron chi connectivity index (χ2n) is 13.4. The van der Waals surface area contributed by atoms with Gasteiger partial charge in [-0.15, -0.1) is 0 Å². The molecule has 45 heavy (non-hydrogen) atoms. The summed E-state index contributed by atoms with van der Waals surface area (Å²) < 4.78 is 61.2. The molecule has 3 heterocycles. The normalized spacial score (nSPS) is 29.7. The fraction of sp³-hybridized carbons (Fsp3) is 0.576. The van der Waals surface area contributed by atoms with E-state index in [4.69, 9.17) is 4.36 Å². The molecule has 2 unspecified atom stereocenters. The zero-order valence-electron chi connectivity index (χ0n) is 25.9. The van der Waals surface area contributed by atoms with Gasteiger partial charge < -0.3 is 5.32 Å². The predicted octanol–water partition coefficient (Wildman–Crippen LogP) is 6.96. The quantitative estimate of drug-likeness (QED) is 0.271. The first kappa shape index (κ1) is 31.5. The van der Waals surface area contributed by atoms with Crippen molar-refractivity contribution in [2.45, 2.75) is 89.1 Å². The van der Waals surface area contributed by atoms with Crippen LogP contribution in [-0.4, -0.2) is 36.3 Å². The van der Waals surface area contributed by atoms with Gasteiger partial charge in [0.1, 0.15) is 23.6 Å². The van der Waals surface area contributed by atoms with Gasteiger partial charge in [-0.25, -0.2) is 31.7 Å². The number of hydrogen-bond donors (Lipinski definition) is 1. The maximum absolute atomic E-state index is 14.9. The number of halogens is 3. The summed E-state index contributed by atoms with van der Waals surface area (Å²) in [7, 11) is -0.625. The number of hydrogen-bond acceptors (Lipinski definition) is 7. The minimum absolute atomic E-state index is 0.0534. The minimum Gasteiger partial charge on any atom is -0.363 e. The average molecular weight is 641 g/mol. The highest BCUT2D eigenvalue weighted by atomic mass is 32.2. The van der Waals surface area contributed by atoms with E-state index < -0.39 is 39.0 Å². The Morgan fingerprint density at radius 3 is 2.58 bits per heavy atom. The molecule has 0 amide bonds. The molecular weight excluding hydrogens is 601 g/mol. The number of fused-ring (bicyclic) bond motifs is 1. The van der Waals surface area contributed by atoms with Crippen molar-refractivity contribution in [2.75, 3.05) is 16.8 Å². The molecule has 240 valence electrons. The number of nitrogens with zero attached hydrogens (tertiary/aromatic N) is 5. The molecule has 1 spiro atoms. The smallest absolute Gasteiger partial charge is 0.266 e. The third-order valence-electron chi connectivity index (χ3n) is 10.2. The number of anilines is 1. The van der Waals surface area contributed by atoms with E-state index in [-0.39, 0.29) is 22.6 Å². The van der Waals surface area contributed by atoms with Crippen LogP contribution in [0.25, 0.3) is 11.0 Å². The number of aromatic nitrogens is 3. The van der Waals surface area contributed by atoms with Gasteiger partial charge in [0.15, 0.2) is 0 Å². The fourth-order valence-corrected chi connectivity index (χ4v) is 10.7. The Kier molecular flexibility index (Phi) is 8.21. The molecule has 2 aromatic heterocycles. The number of unbranched alkanes of at least 4 members (excludes halogenated alkanes) is 1. The van der Waals surface area contributed by atoms with Crippen molar-refractivity contribution >= 4 is 26.6 Å². The van der Waals surface area contributed by atoms with Gasteiger partial charge in [0, 0.05) is 39.4 Å². The van der Waals surface area contributed by atoms with Crippen LogP contribution in [0.3, 0.4) is 0 Å². The van der Waals surface area contributed by atoms with Crippen LogP contribution in [0.5, 0.6) is 0 Å². The third-order valence-corrected chi connectivity index (χ3v) is 13.0. The molecule has 2 aliphatic carbocycles. The van der Waals surface area contributed by atoms with Gasteiger partial charge in [-0.3, -0.25) is 9.36 Å². The van der Waals surface area contributed by atoms with Gasteiger partial charge in [-0.1, -0.05) is 38.0 Å². The van der Waals surface area contributed by atoms with E-state index in [0.29, 0.717) is 65.5 Å². The van der Waals surface area contributed by atoms with Gasteiger partial charge >= 0.3 is 0 Å². The lowest BCUT2D eigenvalue weighted by atomic mass is 9.62. The maximum Gasteiger partial charge on any atom is 0.266 e. The Hall–Kier alpha value is -3.46. The molecule has 1 aromatic carbocycles. The molecule has 3 aliphatic rings. The van der Waals surface area contributed by atoms with Crippen LogP contribution in [0, 0.1) is 28.5 Å². The van der Waals surface area contributed by atoms with Crippen molar-refractivity contribution in [1.82, 2.24) is 14.5 Å². The average Bonchev–Trinajstić information content (AvgIpc) is 3.74. The van der Waals surface area contributed by atoms with Crippen molar-refractivity contribution < 1.29 is 17.4 Å². The molecule has 3 fully saturated rings. The number of benzene rings is 1. The number of aryl methyl sites for hydroxylation is 1. The molecule has 8 nitrogen and oxygen atoms in total. The lowest BCUT2D eigenvalue weighted by molar-refractivity contribution is 0.146. The summed E-state index contributed by atoms with van der Waals surface area (Å²) in [6.45, 7) is 3.81. The second-order valence-corrected chi connectivity index (χ2v) is 15.7. The van der Waals surface area contributed by atoms with Gasteiger partial charge in [0.2, 0.25) is 0 Å². The van der Waals surface area contributed by atoms with Crippen LogP contribution in [0.1, 0.15) is 94.4 Å². The predicted molar refractivity (Wildman–Crippen MR) is 168 cm³/mol. The first-order valence-electron chi connectivity index (χ1n) is 15.7. The van der Waals surface area contributed by atoms with Crippen LogP contribution in [0.2, 0.25) is 0 Å². The highest BCUT2D eigenvalue weighted by Crippen LogP contribution is 2.53. The zero-order chi connectivity index (χ0) is 32.1. The van der Waals surface area contributed by atoms with Crippen molar-refractivity contribution in [1.29, 1.82) is 5.26 Å². The number of nitriles is 1. The number of nitrogens with one attached hydrogen (secondary N) is 1.